The number of halogens is 2. The maximum absolute atomic E-state index is 14.3. The van der Waals surface area contributed by atoms with Crippen LogP contribution in [0.5, 0.6) is 0 Å². The SMILES string of the molecule is O=C(O)[C@@H]1C2CCC(CC2)[C@H]1n1c2ccc(F)cc2c2cnc(-c3c[nH]c4ncc(Cl)cc34)nc21. The van der Waals surface area contributed by atoms with Crippen LogP contribution in [0.1, 0.15) is 31.7 Å². The lowest BCUT2D eigenvalue weighted by Gasteiger charge is -2.47. The topological polar surface area (TPSA) is 96.7 Å². The van der Waals surface area contributed by atoms with E-state index in [2.05, 4.69) is 19.5 Å². The number of carbonyl (C=O) groups is 1. The van der Waals surface area contributed by atoms with Gasteiger partial charge in [-0.15, -0.1) is 0 Å². The molecule has 4 aromatic heterocycles. The minimum Gasteiger partial charge on any atom is -0.481 e. The molecule has 0 spiro atoms. The Kier molecular flexibility index (Phi) is 4.45. The highest BCUT2D eigenvalue weighted by molar-refractivity contribution is 6.31. The molecule has 35 heavy (non-hydrogen) atoms. The number of aromatic amines is 1. The highest BCUT2D eigenvalue weighted by Gasteiger charge is 2.49. The molecule has 2 N–H and O–H groups in total. The van der Waals surface area contributed by atoms with Gasteiger partial charge >= 0.3 is 5.97 Å². The van der Waals surface area contributed by atoms with Gasteiger partial charge in [-0.3, -0.25) is 4.79 Å². The van der Waals surface area contributed by atoms with Crippen LogP contribution in [0.4, 0.5) is 4.39 Å². The van der Waals surface area contributed by atoms with Crippen molar-refractivity contribution in [2.75, 3.05) is 0 Å². The van der Waals surface area contributed by atoms with Crippen LogP contribution in [-0.4, -0.2) is 35.6 Å². The molecule has 3 saturated carbocycles. The average molecular weight is 490 g/mol. The number of carboxylic acid groups (broad SMARTS) is 1. The Labute approximate surface area is 204 Å². The van der Waals surface area contributed by atoms with E-state index >= 15 is 0 Å². The van der Waals surface area contributed by atoms with Crippen LogP contribution in [0.25, 0.3) is 44.4 Å². The van der Waals surface area contributed by atoms with Gasteiger partial charge in [0.2, 0.25) is 0 Å². The molecular formula is C26H21ClFN5O2. The third-order valence-corrected chi connectivity index (χ3v) is 8.21. The molecular weight excluding hydrogens is 469 g/mol. The molecule has 3 aliphatic rings. The fourth-order valence-corrected chi connectivity index (χ4v) is 6.68. The fourth-order valence-electron chi connectivity index (χ4n) is 6.53. The molecule has 8 rings (SSSR count). The summed E-state index contributed by atoms with van der Waals surface area (Å²) in [4.78, 5) is 29.5. The van der Waals surface area contributed by atoms with Gasteiger partial charge in [-0.05, 0) is 61.8 Å². The quantitative estimate of drug-likeness (QED) is 0.325. The first-order valence-electron chi connectivity index (χ1n) is 11.8. The molecule has 0 radical (unpaired) electrons. The number of carboxylic acids is 1. The number of nitrogens with zero attached hydrogens (tertiary/aromatic N) is 4. The lowest BCUT2D eigenvalue weighted by molar-refractivity contribution is -0.151. The van der Waals surface area contributed by atoms with E-state index in [9.17, 15) is 14.3 Å². The van der Waals surface area contributed by atoms with Gasteiger partial charge in [0.05, 0.1) is 22.5 Å². The zero-order chi connectivity index (χ0) is 23.8. The normalized spacial score (nSPS) is 24.1. The Bertz CT molecular complexity index is 1650. The lowest BCUT2D eigenvalue weighted by atomic mass is 9.61. The number of rotatable bonds is 3. The largest absolute Gasteiger partial charge is 0.481 e. The molecule has 9 heteroatoms. The van der Waals surface area contributed by atoms with Crippen LogP contribution < -0.4 is 0 Å². The number of H-pyrrole nitrogens is 1. The van der Waals surface area contributed by atoms with Crippen molar-refractivity contribution in [2.45, 2.75) is 31.7 Å². The molecule has 4 heterocycles. The van der Waals surface area contributed by atoms with Crippen LogP contribution >= 0.6 is 11.6 Å². The standard InChI is InChI=1S/C26H21ClFN5O2/c27-14-7-17-18(10-30-23(17)29-9-14)24-31-11-19-16-8-15(28)5-6-20(16)33(25(19)32-24)22-13-3-1-12(2-4-13)21(22)26(34)35/h5-13,21-22H,1-4H2,(H,29,30)(H,34,35)/t12?,13?,21-,22-/m1/s1. The van der Waals surface area contributed by atoms with Gasteiger partial charge in [0.1, 0.15) is 17.1 Å². The van der Waals surface area contributed by atoms with Crippen molar-refractivity contribution in [3.63, 3.8) is 0 Å². The van der Waals surface area contributed by atoms with Crippen molar-refractivity contribution in [1.29, 1.82) is 0 Å². The summed E-state index contributed by atoms with van der Waals surface area (Å²) in [6.45, 7) is 0. The summed E-state index contributed by atoms with van der Waals surface area (Å²) < 4.78 is 16.4. The van der Waals surface area contributed by atoms with Gasteiger partial charge in [-0.1, -0.05) is 11.6 Å². The first-order chi connectivity index (χ1) is 17.0. The van der Waals surface area contributed by atoms with Crippen molar-refractivity contribution in [3.05, 3.63) is 53.7 Å². The average Bonchev–Trinajstić information content (AvgIpc) is 3.42. The summed E-state index contributed by atoms with van der Waals surface area (Å²) in [7, 11) is 0. The summed E-state index contributed by atoms with van der Waals surface area (Å²) in [5.74, 6) is -0.768. The van der Waals surface area contributed by atoms with E-state index in [-0.39, 0.29) is 23.7 Å². The number of nitrogens with one attached hydrogen (secondary N) is 1. The molecule has 0 aliphatic heterocycles. The van der Waals surface area contributed by atoms with E-state index in [0.717, 1.165) is 42.1 Å². The van der Waals surface area contributed by atoms with Crippen LogP contribution in [0, 0.1) is 23.6 Å². The van der Waals surface area contributed by atoms with Crippen molar-refractivity contribution >= 4 is 50.5 Å². The monoisotopic (exact) mass is 489 g/mol. The second-order valence-electron chi connectivity index (χ2n) is 9.74. The Balaban J connectivity index is 1.52. The first kappa shape index (κ1) is 20.8. The van der Waals surface area contributed by atoms with Crippen LogP contribution in [0.3, 0.4) is 0 Å². The lowest BCUT2D eigenvalue weighted by Crippen LogP contribution is -2.45. The summed E-state index contributed by atoms with van der Waals surface area (Å²) in [6.07, 6.45) is 8.94. The molecule has 0 saturated heterocycles. The van der Waals surface area contributed by atoms with Crippen LogP contribution in [0.15, 0.2) is 42.9 Å². The van der Waals surface area contributed by atoms with Crippen LogP contribution in [-0.2, 0) is 4.79 Å². The summed E-state index contributed by atoms with van der Waals surface area (Å²) in [6, 6.07) is 6.23. The van der Waals surface area contributed by atoms with Gasteiger partial charge in [-0.2, -0.15) is 0 Å². The molecule has 1 aromatic carbocycles. The Hall–Kier alpha value is -3.52. The number of aliphatic carboxylic acids is 1. The van der Waals surface area contributed by atoms with Crippen molar-refractivity contribution in [3.8, 4) is 11.4 Å². The number of hydrogen-bond donors (Lipinski definition) is 2. The van der Waals surface area contributed by atoms with Crippen molar-refractivity contribution in [2.24, 2.45) is 17.8 Å². The van der Waals surface area contributed by atoms with Gasteiger partial charge in [-0.25, -0.2) is 19.3 Å². The Morgan fingerprint density at radius 2 is 1.86 bits per heavy atom. The van der Waals surface area contributed by atoms with Crippen molar-refractivity contribution < 1.29 is 14.3 Å². The molecule has 7 nitrogen and oxygen atoms in total. The predicted molar refractivity (Wildman–Crippen MR) is 131 cm³/mol. The molecule has 0 amide bonds. The minimum absolute atomic E-state index is 0.138. The molecule has 0 unspecified atom stereocenters. The number of pyridine rings is 1. The molecule has 2 bridgehead atoms. The minimum atomic E-state index is -0.770. The van der Waals surface area contributed by atoms with E-state index in [1.165, 1.54) is 12.1 Å². The van der Waals surface area contributed by atoms with Gasteiger partial charge < -0.3 is 14.7 Å². The number of benzene rings is 1. The van der Waals surface area contributed by atoms with E-state index in [0.29, 0.717) is 32.9 Å². The second kappa shape index (κ2) is 7.49. The highest BCUT2D eigenvalue weighted by atomic mass is 35.5. The number of hydrogen-bond acceptors (Lipinski definition) is 4. The fraction of sp³-hybridized carbons (Fsp3) is 0.308. The second-order valence-corrected chi connectivity index (χ2v) is 10.2. The number of fused-ring (bicyclic) bond motifs is 7. The summed E-state index contributed by atoms with van der Waals surface area (Å²) in [5, 5.41) is 12.9. The van der Waals surface area contributed by atoms with Gasteiger partial charge in [0.25, 0.3) is 0 Å². The molecule has 5 aromatic rings. The van der Waals surface area contributed by atoms with Gasteiger partial charge in [0.15, 0.2) is 5.82 Å². The van der Waals surface area contributed by atoms with E-state index in [1.807, 2.05) is 6.07 Å². The molecule has 3 aliphatic carbocycles. The van der Waals surface area contributed by atoms with Crippen molar-refractivity contribution in [1.82, 2.24) is 24.5 Å². The Morgan fingerprint density at radius 3 is 2.66 bits per heavy atom. The smallest absolute Gasteiger partial charge is 0.308 e. The maximum atomic E-state index is 14.3. The van der Waals surface area contributed by atoms with Crippen LogP contribution in [0.2, 0.25) is 5.02 Å². The third kappa shape index (κ3) is 3.02. The molecule has 3 fully saturated rings. The number of aromatic nitrogens is 5. The summed E-state index contributed by atoms with van der Waals surface area (Å²) >= 11 is 6.19. The maximum Gasteiger partial charge on any atom is 0.308 e. The zero-order valence-electron chi connectivity index (χ0n) is 18.6. The van der Waals surface area contributed by atoms with Gasteiger partial charge in [0, 0.05) is 40.3 Å². The van der Waals surface area contributed by atoms with E-state index in [1.54, 1.807) is 24.7 Å². The predicted octanol–water partition coefficient (Wildman–Crippen LogP) is 5.98. The highest BCUT2D eigenvalue weighted by Crippen LogP contribution is 2.53. The zero-order valence-corrected chi connectivity index (χ0v) is 19.3. The molecule has 2 atom stereocenters. The summed E-state index contributed by atoms with van der Waals surface area (Å²) in [5.41, 5.74) is 2.84. The van der Waals surface area contributed by atoms with E-state index < -0.39 is 11.9 Å². The Morgan fingerprint density at radius 1 is 1.06 bits per heavy atom. The first-order valence-corrected chi connectivity index (χ1v) is 12.2. The molecule has 176 valence electrons. The van der Waals surface area contributed by atoms with E-state index in [4.69, 9.17) is 16.6 Å². The third-order valence-electron chi connectivity index (χ3n) is 8.00.